The van der Waals surface area contributed by atoms with Gasteiger partial charge in [-0.15, -0.1) is 11.3 Å². The molecule has 0 aliphatic carbocycles. The number of para-hydroxylation sites is 1. The van der Waals surface area contributed by atoms with Crippen LogP contribution >= 0.6 is 23.6 Å². The molecule has 3 N–H and O–H groups in total. The molecule has 2 amide bonds. The number of ether oxygens (including phenoxy) is 1. The molecule has 1 aromatic heterocycles. The minimum atomic E-state index is -0.434. The molecule has 0 saturated carbocycles. The van der Waals surface area contributed by atoms with Crippen LogP contribution in [0, 0.1) is 0 Å². The standard InChI is InChI=1S/C20H17N3O3S2/c24-18(22-23-20(27)21-19(25)17-11-6-12-28-17)15-9-4-5-10-16(15)26-13-14-7-2-1-3-8-14/h1-12H,13H2,(H,22,24)(H2,21,23,25,27). The summed E-state index contributed by atoms with van der Waals surface area (Å²) >= 11 is 6.33. The molecule has 8 heteroatoms. The predicted molar refractivity (Wildman–Crippen MR) is 112 cm³/mol. The van der Waals surface area contributed by atoms with Gasteiger partial charge in [0, 0.05) is 0 Å². The van der Waals surface area contributed by atoms with Crippen LogP contribution in [0.3, 0.4) is 0 Å². The molecule has 0 spiro atoms. The van der Waals surface area contributed by atoms with Gasteiger partial charge in [-0.05, 0) is 41.4 Å². The second-order valence-corrected chi connectivity index (χ2v) is 6.97. The molecule has 0 fully saturated rings. The van der Waals surface area contributed by atoms with Crippen LogP contribution in [0.4, 0.5) is 0 Å². The van der Waals surface area contributed by atoms with Crippen LogP contribution in [-0.4, -0.2) is 16.9 Å². The number of carbonyl (C=O) groups excluding carboxylic acids is 2. The van der Waals surface area contributed by atoms with E-state index in [1.54, 1.807) is 41.8 Å². The number of benzene rings is 2. The van der Waals surface area contributed by atoms with Crippen molar-refractivity contribution in [3.63, 3.8) is 0 Å². The Morgan fingerprint density at radius 2 is 1.64 bits per heavy atom. The fraction of sp³-hybridized carbons (Fsp3) is 0.0500. The van der Waals surface area contributed by atoms with Crippen molar-refractivity contribution in [3.05, 3.63) is 88.1 Å². The van der Waals surface area contributed by atoms with Crippen LogP contribution < -0.4 is 20.9 Å². The van der Waals surface area contributed by atoms with Gasteiger partial charge in [-0.2, -0.15) is 0 Å². The van der Waals surface area contributed by atoms with Gasteiger partial charge in [0.25, 0.3) is 11.8 Å². The average Bonchev–Trinajstić information content (AvgIpc) is 3.26. The Bertz CT molecular complexity index is 960. The van der Waals surface area contributed by atoms with E-state index < -0.39 is 5.91 Å². The van der Waals surface area contributed by atoms with Gasteiger partial charge in [-0.1, -0.05) is 48.5 Å². The van der Waals surface area contributed by atoms with Gasteiger partial charge in [0.15, 0.2) is 5.11 Å². The number of amides is 2. The van der Waals surface area contributed by atoms with Gasteiger partial charge in [0.1, 0.15) is 12.4 Å². The molecule has 0 atom stereocenters. The summed E-state index contributed by atoms with van der Waals surface area (Å²) < 4.78 is 5.77. The SMILES string of the molecule is O=C(NC(=S)NNC(=O)c1ccccc1OCc1ccccc1)c1cccs1. The summed E-state index contributed by atoms with van der Waals surface area (Å²) in [6.07, 6.45) is 0. The maximum atomic E-state index is 12.5. The van der Waals surface area contributed by atoms with E-state index in [2.05, 4.69) is 16.2 Å². The molecule has 0 aliphatic rings. The highest BCUT2D eigenvalue weighted by Crippen LogP contribution is 2.19. The first kappa shape index (κ1) is 19.5. The van der Waals surface area contributed by atoms with Crippen molar-refractivity contribution in [2.24, 2.45) is 0 Å². The van der Waals surface area contributed by atoms with Gasteiger partial charge in [-0.3, -0.25) is 25.8 Å². The zero-order valence-electron chi connectivity index (χ0n) is 14.7. The highest BCUT2D eigenvalue weighted by molar-refractivity contribution is 7.80. The third-order valence-electron chi connectivity index (χ3n) is 3.63. The number of nitrogens with one attached hydrogen (secondary N) is 3. The van der Waals surface area contributed by atoms with Gasteiger partial charge < -0.3 is 4.74 Å². The lowest BCUT2D eigenvalue weighted by molar-refractivity contribution is 0.0931. The Kier molecular flexibility index (Phi) is 6.72. The Hall–Kier alpha value is -3.23. The van der Waals surface area contributed by atoms with Crippen molar-refractivity contribution in [1.82, 2.24) is 16.2 Å². The zero-order valence-corrected chi connectivity index (χ0v) is 16.3. The molecule has 2 aromatic carbocycles. The van der Waals surface area contributed by atoms with Gasteiger partial charge in [-0.25, -0.2) is 0 Å². The molecule has 0 aliphatic heterocycles. The number of thiophene rings is 1. The molecule has 3 rings (SSSR count). The van der Waals surface area contributed by atoms with E-state index in [4.69, 9.17) is 17.0 Å². The van der Waals surface area contributed by atoms with Crippen LogP contribution in [0.5, 0.6) is 5.75 Å². The van der Waals surface area contributed by atoms with Crippen LogP contribution in [0.15, 0.2) is 72.1 Å². The van der Waals surface area contributed by atoms with Crippen molar-refractivity contribution >= 4 is 40.5 Å². The number of hydrogen-bond acceptors (Lipinski definition) is 5. The molecule has 1 heterocycles. The highest BCUT2D eigenvalue weighted by atomic mass is 32.1. The number of hydrogen-bond donors (Lipinski definition) is 3. The average molecular weight is 412 g/mol. The van der Waals surface area contributed by atoms with E-state index in [1.807, 2.05) is 30.3 Å². The summed E-state index contributed by atoms with van der Waals surface area (Å²) in [4.78, 5) is 24.9. The van der Waals surface area contributed by atoms with E-state index in [0.717, 1.165) is 5.56 Å². The lowest BCUT2D eigenvalue weighted by Crippen LogP contribution is -2.48. The van der Waals surface area contributed by atoms with Crippen molar-refractivity contribution < 1.29 is 14.3 Å². The lowest BCUT2D eigenvalue weighted by Gasteiger charge is -2.13. The summed E-state index contributed by atoms with van der Waals surface area (Å²) in [5.41, 5.74) is 6.33. The molecular formula is C20H17N3O3S2. The lowest BCUT2D eigenvalue weighted by atomic mass is 10.2. The molecule has 142 valence electrons. The van der Waals surface area contributed by atoms with Crippen molar-refractivity contribution in [2.45, 2.75) is 6.61 Å². The second kappa shape index (κ2) is 9.63. The Morgan fingerprint density at radius 1 is 0.893 bits per heavy atom. The molecular weight excluding hydrogens is 394 g/mol. The first-order valence-electron chi connectivity index (χ1n) is 8.34. The maximum absolute atomic E-state index is 12.5. The molecule has 0 bridgehead atoms. The number of carbonyl (C=O) groups is 2. The minimum absolute atomic E-state index is 0.00515. The van der Waals surface area contributed by atoms with E-state index in [-0.39, 0.29) is 11.0 Å². The van der Waals surface area contributed by atoms with E-state index in [1.165, 1.54) is 11.3 Å². The quantitative estimate of drug-likeness (QED) is 0.444. The summed E-state index contributed by atoms with van der Waals surface area (Å²) in [5.74, 6) is -0.330. The summed E-state index contributed by atoms with van der Waals surface area (Å²) in [6.45, 7) is 0.341. The minimum Gasteiger partial charge on any atom is -0.488 e. The van der Waals surface area contributed by atoms with Gasteiger partial charge >= 0.3 is 0 Å². The Labute approximate surface area is 171 Å². The van der Waals surface area contributed by atoms with Crippen LogP contribution in [0.1, 0.15) is 25.6 Å². The van der Waals surface area contributed by atoms with Crippen LogP contribution in [-0.2, 0) is 6.61 Å². The molecule has 0 saturated heterocycles. The Balaban J connectivity index is 1.55. The normalized spacial score (nSPS) is 10.0. The smallest absolute Gasteiger partial charge is 0.273 e. The fourth-order valence-corrected chi connectivity index (χ4v) is 3.06. The number of rotatable bonds is 5. The van der Waals surface area contributed by atoms with Gasteiger partial charge in [0.05, 0.1) is 10.4 Å². The van der Waals surface area contributed by atoms with Crippen LogP contribution in [0.25, 0.3) is 0 Å². The molecule has 0 radical (unpaired) electrons. The van der Waals surface area contributed by atoms with E-state index in [0.29, 0.717) is 22.8 Å². The van der Waals surface area contributed by atoms with Crippen molar-refractivity contribution in [2.75, 3.05) is 0 Å². The van der Waals surface area contributed by atoms with E-state index in [9.17, 15) is 9.59 Å². The number of thiocarbonyl (C=S) groups is 1. The van der Waals surface area contributed by atoms with E-state index >= 15 is 0 Å². The van der Waals surface area contributed by atoms with Gasteiger partial charge in [0.2, 0.25) is 0 Å². The highest BCUT2D eigenvalue weighted by Gasteiger charge is 2.13. The molecule has 6 nitrogen and oxygen atoms in total. The summed E-state index contributed by atoms with van der Waals surface area (Å²) in [7, 11) is 0. The zero-order chi connectivity index (χ0) is 19.8. The molecule has 28 heavy (non-hydrogen) atoms. The third kappa shape index (κ3) is 5.38. The predicted octanol–water partition coefficient (Wildman–Crippen LogP) is 3.28. The van der Waals surface area contributed by atoms with Crippen molar-refractivity contribution in [1.29, 1.82) is 0 Å². The monoisotopic (exact) mass is 411 g/mol. The maximum Gasteiger partial charge on any atom is 0.273 e. The summed E-state index contributed by atoms with van der Waals surface area (Å²) in [6, 6.07) is 20.0. The largest absolute Gasteiger partial charge is 0.488 e. The Morgan fingerprint density at radius 3 is 2.39 bits per heavy atom. The molecule has 0 unspecified atom stereocenters. The summed E-state index contributed by atoms with van der Waals surface area (Å²) in [5, 5.41) is 4.28. The second-order valence-electron chi connectivity index (χ2n) is 5.61. The fourth-order valence-electron chi connectivity index (χ4n) is 2.30. The third-order valence-corrected chi connectivity index (χ3v) is 4.70. The first-order chi connectivity index (χ1) is 13.6. The van der Waals surface area contributed by atoms with Crippen LogP contribution in [0.2, 0.25) is 0 Å². The molecule has 3 aromatic rings. The first-order valence-corrected chi connectivity index (χ1v) is 9.63. The topological polar surface area (TPSA) is 79.5 Å². The van der Waals surface area contributed by atoms with Crippen molar-refractivity contribution in [3.8, 4) is 5.75 Å². The number of hydrazine groups is 1.